The molecule has 0 radical (unpaired) electrons. The first-order chi connectivity index (χ1) is 14.4. The molecule has 2 unspecified atom stereocenters. The first-order valence-electron chi connectivity index (χ1n) is 9.91. The van der Waals surface area contributed by atoms with Gasteiger partial charge in [-0.1, -0.05) is 26.2 Å². The molecule has 1 aromatic heterocycles. The van der Waals surface area contributed by atoms with E-state index in [2.05, 4.69) is 11.9 Å². The van der Waals surface area contributed by atoms with E-state index in [4.69, 9.17) is 0 Å². The fraction of sp³-hybridized carbons (Fsp3) is 0.455. The Labute approximate surface area is 176 Å². The highest BCUT2D eigenvalue weighted by molar-refractivity contribution is 6.06. The molecule has 0 aliphatic heterocycles. The third-order valence-corrected chi connectivity index (χ3v) is 5.84. The molecule has 0 spiro atoms. The highest BCUT2D eigenvalue weighted by atomic mass is 19.4. The summed E-state index contributed by atoms with van der Waals surface area (Å²) in [5.41, 5.74) is -2.52. The Morgan fingerprint density at radius 2 is 1.58 bits per heavy atom. The first-order valence-corrected chi connectivity index (χ1v) is 9.91. The number of carbonyl (C=O) groups excluding carboxylic acids is 1. The minimum Gasteiger partial charge on any atom is -0.310 e. The van der Waals surface area contributed by atoms with E-state index in [9.17, 15) is 31.1 Å². The third kappa shape index (κ3) is 5.02. The second-order valence-electron chi connectivity index (χ2n) is 7.96. The Hall–Kier alpha value is -2.58. The van der Waals surface area contributed by atoms with Gasteiger partial charge in [0.05, 0.1) is 23.0 Å². The van der Waals surface area contributed by atoms with E-state index in [1.54, 1.807) is 12.3 Å². The van der Waals surface area contributed by atoms with Crippen molar-refractivity contribution >= 4 is 11.6 Å². The molecule has 1 saturated carbocycles. The van der Waals surface area contributed by atoms with E-state index in [0.29, 0.717) is 23.7 Å². The van der Waals surface area contributed by atoms with Crippen LogP contribution < -0.4 is 4.90 Å². The molecule has 9 heteroatoms. The molecule has 0 N–H and O–H groups in total. The highest BCUT2D eigenvalue weighted by Gasteiger charge is 2.38. The zero-order valence-electron chi connectivity index (χ0n) is 17.0. The molecule has 3 nitrogen and oxygen atoms in total. The van der Waals surface area contributed by atoms with Crippen LogP contribution in [0, 0.1) is 5.92 Å². The summed E-state index contributed by atoms with van der Waals surface area (Å²) < 4.78 is 79.0. The maximum atomic E-state index is 13.2. The van der Waals surface area contributed by atoms with Crippen molar-refractivity contribution in [3.8, 4) is 0 Å². The number of anilines is 1. The third-order valence-electron chi connectivity index (χ3n) is 5.84. The van der Waals surface area contributed by atoms with E-state index in [1.807, 2.05) is 0 Å². The molecule has 31 heavy (non-hydrogen) atoms. The lowest BCUT2D eigenvalue weighted by atomic mass is 9.76. The predicted octanol–water partition coefficient (Wildman–Crippen LogP) is 6.69. The number of hydrogen-bond acceptors (Lipinski definition) is 2. The molecule has 1 aliphatic rings. The van der Waals surface area contributed by atoms with Crippen molar-refractivity contribution in [3.05, 3.63) is 58.9 Å². The molecule has 0 bridgehead atoms. The molecule has 168 valence electrons. The van der Waals surface area contributed by atoms with Crippen LogP contribution in [0.15, 0.2) is 36.7 Å². The SMILES string of the molecule is CC1CCCCC1c1ccncc1N(C)C(=O)c1cc(C(F)(F)F)cc(C(F)(F)F)c1. The summed E-state index contributed by atoms with van der Waals surface area (Å²) in [7, 11) is 1.34. The standard InChI is InChI=1S/C22H22F6N2O/c1-13-5-3-4-6-17(13)18-7-8-29-12-19(18)30(2)20(31)14-9-15(21(23,24)25)11-16(10-14)22(26,27)28/h7-13,17H,3-6H2,1-2H3. The molecule has 2 atom stereocenters. The van der Waals surface area contributed by atoms with Crippen LogP contribution in [0.3, 0.4) is 0 Å². The molecule has 0 saturated heterocycles. The molecule has 1 heterocycles. The lowest BCUT2D eigenvalue weighted by Gasteiger charge is -2.32. The van der Waals surface area contributed by atoms with Gasteiger partial charge in [0.1, 0.15) is 0 Å². The van der Waals surface area contributed by atoms with Gasteiger partial charge in [0.2, 0.25) is 0 Å². The van der Waals surface area contributed by atoms with Gasteiger partial charge < -0.3 is 4.90 Å². The number of benzene rings is 1. The Morgan fingerprint density at radius 3 is 2.13 bits per heavy atom. The van der Waals surface area contributed by atoms with Crippen LogP contribution >= 0.6 is 0 Å². The fourth-order valence-electron chi connectivity index (χ4n) is 4.15. The summed E-state index contributed by atoms with van der Waals surface area (Å²) in [6.07, 6.45) is -3.04. The second kappa shape index (κ2) is 8.51. The van der Waals surface area contributed by atoms with Gasteiger partial charge >= 0.3 is 12.4 Å². The van der Waals surface area contributed by atoms with Crippen molar-refractivity contribution in [2.75, 3.05) is 11.9 Å². The largest absolute Gasteiger partial charge is 0.416 e. The van der Waals surface area contributed by atoms with Crippen molar-refractivity contribution < 1.29 is 31.1 Å². The number of halogens is 6. The summed E-state index contributed by atoms with van der Waals surface area (Å²) in [5.74, 6) is -0.493. The van der Waals surface area contributed by atoms with Crippen LogP contribution in [0.2, 0.25) is 0 Å². The lowest BCUT2D eigenvalue weighted by molar-refractivity contribution is -0.143. The van der Waals surface area contributed by atoms with Crippen LogP contribution in [0.25, 0.3) is 0 Å². The molecule has 1 amide bonds. The molecular formula is C22H22F6N2O. The number of pyridine rings is 1. The van der Waals surface area contributed by atoms with E-state index in [-0.39, 0.29) is 12.0 Å². The van der Waals surface area contributed by atoms with Gasteiger partial charge in [-0.25, -0.2) is 0 Å². The smallest absolute Gasteiger partial charge is 0.310 e. The summed E-state index contributed by atoms with van der Waals surface area (Å²) in [6, 6.07) is 2.68. The first kappa shape index (κ1) is 23.1. The topological polar surface area (TPSA) is 33.2 Å². The van der Waals surface area contributed by atoms with Crippen molar-refractivity contribution in [2.45, 2.75) is 50.9 Å². The van der Waals surface area contributed by atoms with Crippen molar-refractivity contribution in [1.82, 2.24) is 4.98 Å². The Balaban J connectivity index is 2.03. The lowest BCUT2D eigenvalue weighted by Crippen LogP contribution is -2.29. The maximum Gasteiger partial charge on any atom is 0.416 e. The summed E-state index contributed by atoms with van der Waals surface area (Å²) >= 11 is 0. The fourth-order valence-corrected chi connectivity index (χ4v) is 4.15. The Bertz CT molecular complexity index is 921. The Kier molecular flexibility index (Phi) is 6.34. The van der Waals surface area contributed by atoms with Crippen molar-refractivity contribution in [1.29, 1.82) is 0 Å². The van der Waals surface area contributed by atoms with Gasteiger partial charge in [-0.2, -0.15) is 26.3 Å². The highest BCUT2D eigenvalue weighted by Crippen LogP contribution is 2.41. The molecule has 1 fully saturated rings. The molecule has 3 rings (SSSR count). The van der Waals surface area contributed by atoms with Gasteiger partial charge in [-0.3, -0.25) is 9.78 Å². The van der Waals surface area contributed by atoms with Gasteiger partial charge in [-0.15, -0.1) is 0 Å². The van der Waals surface area contributed by atoms with Gasteiger partial charge in [0.15, 0.2) is 0 Å². The van der Waals surface area contributed by atoms with E-state index in [0.717, 1.165) is 36.1 Å². The average Bonchev–Trinajstić information content (AvgIpc) is 2.71. The van der Waals surface area contributed by atoms with Gasteiger partial charge in [0.25, 0.3) is 5.91 Å². The number of aromatic nitrogens is 1. The zero-order chi connectivity index (χ0) is 23.0. The molecule has 1 aromatic carbocycles. The zero-order valence-corrected chi connectivity index (χ0v) is 17.0. The number of nitrogens with zero attached hydrogens (tertiary/aromatic N) is 2. The minimum atomic E-state index is -5.02. The molecule has 2 aromatic rings. The molecule has 1 aliphatic carbocycles. The number of carbonyl (C=O) groups is 1. The van der Waals surface area contributed by atoms with E-state index >= 15 is 0 Å². The average molecular weight is 444 g/mol. The van der Waals surface area contributed by atoms with Crippen LogP contribution in [0.1, 0.15) is 65.6 Å². The van der Waals surface area contributed by atoms with Crippen molar-refractivity contribution in [2.24, 2.45) is 5.92 Å². The van der Waals surface area contributed by atoms with Crippen LogP contribution in [0.5, 0.6) is 0 Å². The van der Waals surface area contributed by atoms with E-state index in [1.165, 1.54) is 13.2 Å². The number of rotatable bonds is 3. The van der Waals surface area contributed by atoms with Gasteiger partial charge in [0, 0.05) is 18.8 Å². The predicted molar refractivity (Wildman–Crippen MR) is 104 cm³/mol. The second-order valence-corrected chi connectivity index (χ2v) is 7.96. The number of amides is 1. The van der Waals surface area contributed by atoms with Gasteiger partial charge in [-0.05, 0) is 48.1 Å². The number of hydrogen-bond donors (Lipinski definition) is 0. The summed E-state index contributed by atoms with van der Waals surface area (Å²) in [5, 5.41) is 0. The quantitative estimate of drug-likeness (QED) is 0.494. The monoisotopic (exact) mass is 444 g/mol. The number of alkyl halides is 6. The van der Waals surface area contributed by atoms with Crippen LogP contribution in [0.4, 0.5) is 32.0 Å². The maximum absolute atomic E-state index is 13.2. The normalized spacial score (nSPS) is 19.9. The van der Waals surface area contributed by atoms with Crippen LogP contribution in [-0.4, -0.2) is 17.9 Å². The van der Waals surface area contributed by atoms with Crippen molar-refractivity contribution in [3.63, 3.8) is 0 Å². The summed E-state index contributed by atoms with van der Waals surface area (Å²) in [4.78, 5) is 18.1. The molecular weight excluding hydrogens is 422 g/mol. The van der Waals surface area contributed by atoms with E-state index < -0.39 is 35.0 Å². The minimum absolute atomic E-state index is 0.00991. The Morgan fingerprint density at radius 1 is 1.00 bits per heavy atom. The summed E-state index contributed by atoms with van der Waals surface area (Å²) in [6.45, 7) is 2.10. The van der Waals surface area contributed by atoms with Crippen LogP contribution in [-0.2, 0) is 12.4 Å².